The van der Waals surface area contributed by atoms with Crippen molar-refractivity contribution in [2.45, 2.75) is 71.7 Å². The van der Waals surface area contributed by atoms with Gasteiger partial charge in [0.05, 0.1) is 0 Å². The minimum absolute atomic E-state index is 0.156. The highest BCUT2D eigenvalue weighted by molar-refractivity contribution is 7.99. The highest BCUT2D eigenvalue weighted by atomic mass is 32.2. The minimum atomic E-state index is -0.384. The van der Waals surface area contributed by atoms with Gasteiger partial charge in [-0.2, -0.15) is 11.8 Å². The zero-order valence-electron chi connectivity index (χ0n) is 13.5. The lowest BCUT2D eigenvalue weighted by atomic mass is 10.1. The van der Waals surface area contributed by atoms with Crippen molar-refractivity contribution in [2.24, 2.45) is 0 Å². The number of likely N-dealkylation sites (tertiary alicyclic amines) is 1. The van der Waals surface area contributed by atoms with Crippen molar-refractivity contribution in [3.8, 4) is 0 Å². The molecular formula is C15H31NO2S. The summed E-state index contributed by atoms with van der Waals surface area (Å²) in [5.41, 5.74) is -0.384. The van der Waals surface area contributed by atoms with E-state index in [-0.39, 0.29) is 11.7 Å². The maximum absolute atomic E-state index is 11.8. The van der Waals surface area contributed by atoms with Crippen LogP contribution in [0.1, 0.15) is 60.8 Å². The summed E-state index contributed by atoms with van der Waals surface area (Å²) >= 11 is 2.05. The number of ether oxygens (including phenoxy) is 1. The molecule has 1 saturated heterocycles. The molecule has 0 aromatic rings. The number of amides is 1. The molecule has 0 N–H and O–H groups in total. The van der Waals surface area contributed by atoms with Crippen LogP contribution in [0.3, 0.4) is 0 Å². The van der Waals surface area contributed by atoms with E-state index in [1.807, 2.05) is 51.3 Å². The smallest absolute Gasteiger partial charge is 0.410 e. The Kier molecular flexibility index (Phi) is 9.32. The van der Waals surface area contributed by atoms with Crippen LogP contribution in [0, 0.1) is 0 Å². The van der Waals surface area contributed by atoms with Crippen LogP contribution in [-0.2, 0) is 4.74 Å². The molecule has 1 aliphatic rings. The molecule has 1 heterocycles. The quantitative estimate of drug-likeness (QED) is 0.763. The van der Waals surface area contributed by atoms with Gasteiger partial charge in [-0.25, -0.2) is 4.79 Å². The van der Waals surface area contributed by atoms with Crippen LogP contribution >= 0.6 is 11.8 Å². The number of carbonyl (C=O) groups excluding carboxylic acids is 1. The van der Waals surface area contributed by atoms with E-state index < -0.39 is 0 Å². The second kappa shape index (κ2) is 9.51. The van der Waals surface area contributed by atoms with Gasteiger partial charge in [-0.1, -0.05) is 20.8 Å². The molecule has 0 unspecified atom stereocenters. The lowest BCUT2D eigenvalue weighted by molar-refractivity contribution is 0.0219. The van der Waals surface area contributed by atoms with Crippen molar-refractivity contribution in [2.75, 3.05) is 18.8 Å². The number of rotatable bonds is 3. The second-order valence-electron chi connectivity index (χ2n) is 5.54. The summed E-state index contributed by atoms with van der Waals surface area (Å²) in [5.74, 6) is 1.23. The highest BCUT2D eigenvalue weighted by Gasteiger charge is 2.26. The Morgan fingerprint density at radius 2 is 1.79 bits per heavy atom. The van der Waals surface area contributed by atoms with Crippen LogP contribution in [0.5, 0.6) is 0 Å². The summed E-state index contributed by atoms with van der Waals surface area (Å²) in [6.07, 6.45) is 3.28. The fourth-order valence-corrected chi connectivity index (χ4v) is 2.93. The monoisotopic (exact) mass is 289 g/mol. The molecule has 0 aromatic carbocycles. The van der Waals surface area contributed by atoms with E-state index in [9.17, 15) is 4.79 Å². The first kappa shape index (κ1) is 18.6. The molecule has 0 atom stereocenters. The first-order chi connectivity index (χ1) is 8.92. The lowest BCUT2D eigenvalue weighted by Gasteiger charge is -2.33. The van der Waals surface area contributed by atoms with Crippen LogP contribution in [0.2, 0.25) is 0 Å². The molecule has 0 radical (unpaired) electrons. The van der Waals surface area contributed by atoms with Gasteiger partial charge >= 0.3 is 6.09 Å². The highest BCUT2D eigenvalue weighted by Crippen LogP contribution is 2.24. The number of nitrogens with zero attached hydrogens (tertiary/aromatic N) is 1. The minimum Gasteiger partial charge on any atom is -0.444 e. The second-order valence-corrected chi connectivity index (χ2v) is 6.95. The predicted molar refractivity (Wildman–Crippen MR) is 84.9 cm³/mol. The Morgan fingerprint density at radius 3 is 2.21 bits per heavy atom. The molecule has 0 aliphatic carbocycles. The Balaban J connectivity index is 0.00000154. The molecule has 1 aliphatic heterocycles. The molecule has 0 spiro atoms. The van der Waals surface area contributed by atoms with Gasteiger partial charge in [0.15, 0.2) is 0 Å². The maximum atomic E-state index is 11.8. The Bertz CT molecular complexity index is 243. The average Bonchev–Trinajstić information content (AvgIpc) is 2.37. The van der Waals surface area contributed by atoms with Crippen molar-refractivity contribution >= 4 is 17.9 Å². The van der Waals surface area contributed by atoms with Gasteiger partial charge in [0.1, 0.15) is 5.60 Å². The number of piperidine rings is 1. The predicted octanol–water partition coefficient (Wildman–Crippen LogP) is 4.56. The van der Waals surface area contributed by atoms with Gasteiger partial charge < -0.3 is 9.64 Å². The van der Waals surface area contributed by atoms with Gasteiger partial charge in [0, 0.05) is 18.3 Å². The van der Waals surface area contributed by atoms with Crippen LogP contribution < -0.4 is 0 Å². The van der Waals surface area contributed by atoms with E-state index in [1.54, 1.807) is 0 Å². The first-order valence-electron chi connectivity index (χ1n) is 7.52. The van der Waals surface area contributed by atoms with Crippen LogP contribution in [-0.4, -0.2) is 40.7 Å². The van der Waals surface area contributed by atoms with E-state index in [0.29, 0.717) is 0 Å². The fourth-order valence-electron chi connectivity index (χ4n) is 1.82. The molecule has 1 rings (SSSR count). The van der Waals surface area contributed by atoms with Gasteiger partial charge in [0.25, 0.3) is 0 Å². The van der Waals surface area contributed by atoms with Crippen LogP contribution in [0.15, 0.2) is 0 Å². The topological polar surface area (TPSA) is 29.5 Å². The molecule has 3 nitrogen and oxygen atoms in total. The lowest BCUT2D eigenvalue weighted by Crippen LogP contribution is -2.42. The average molecular weight is 289 g/mol. The van der Waals surface area contributed by atoms with Gasteiger partial charge in [0.2, 0.25) is 0 Å². The number of thioether (sulfide) groups is 1. The molecule has 0 saturated carbocycles. The first-order valence-corrected chi connectivity index (χ1v) is 8.57. The summed E-state index contributed by atoms with van der Waals surface area (Å²) in [4.78, 5) is 13.7. The molecule has 4 heteroatoms. The van der Waals surface area contributed by atoms with E-state index in [4.69, 9.17) is 4.74 Å². The Morgan fingerprint density at radius 1 is 1.26 bits per heavy atom. The van der Waals surface area contributed by atoms with Crippen molar-refractivity contribution in [3.05, 3.63) is 0 Å². The van der Waals surface area contributed by atoms with E-state index >= 15 is 0 Å². The van der Waals surface area contributed by atoms with Gasteiger partial charge in [-0.3, -0.25) is 0 Å². The standard InChI is InChI=1S/C13H25NO2S.C2H6/c1-5-10-17-11-6-8-14(9-7-11)12(15)16-13(2,3)4;1-2/h11H,5-10H2,1-4H3;1-2H3. The van der Waals surface area contributed by atoms with Crippen molar-refractivity contribution in [3.63, 3.8) is 0 Å². The van der Waals surface area contributed by atoms with Crippen LogP contribution in [0.4, 0.5) is 4.79 Å². The van der Waals surface area contributed by atoms with Crippen molar-refractivity contribution in [1.82, 2.24) is 4.90 Å². The zero-order chi connectivity index (χ0) is 14.9. The summed E-state index contributed by atoms with van der Waals surface area (Å²) in [7, 11) is 0. The van der Waals surface area contributed by atoms with Crippen LogP contribution in [0.25, 0.3) is 0 Å². The number of carbonyl (C=O) groups is 1. The Hall–Kier alpha value is -0.380. The van der Waals surface area contributed by atoms with E-state index in [2.05, 4.69) is 6.92 Å². The van der Waals surface area contributed by atoms with Gasteiger partial charge in [-0.05, 0) is 45.8 Å². The molecule has 19 heavy (non-hydrogen) atoms. The third-order valence-electron chi connectivity index (χ3n) is 2.65. The van der Waals surface area contributed by atoms with Crippen molar-refractivity contribution < 1.29 is 9.53 Å². The molecule has 1 fully saturated rings. The summed E-state index contributed by atoms with van der Waals surface area (Å²) in [5, 5.41) is 0.730. The maximum Gasteiger partial charge on any atom is 0.410 e. The molecule has 1 amide bonds. The normalized spacial score (nSPS) is 16.6. The summed E-state index contributed by atoms with van der Waals surface area (Å²) in [6.45, 7) is 13.6. The van der Waals surface area contributed by atoms with E-state index in [1.165, 1.54) is 12.2 Å². The summed E-state index contributed by atoms with van der Waals surface area (Å²) in [6, 6.07) is 0. The van der Waals surface area contributed by atoms with Gasteiger partial charge in [-0.15, -0.1) is 0 Å². The summed E-state index contributed by atoms with van der Waals surface area (Å²) < 4.78 is 5.37. The largest absolute Gasteiger partial charge is 0.444 e. The van der Waals surface area contributed by atoms with Crippen molar-refractivity contribution in [1.29, 1.82) is 0 Å². The zero-order valence-corrected chi connectivity index (χ0v) is 14.3. The molecule has 0 bridgehead atoms. The Labute approximate surface area is 123 Å². The SMILES string of the molecule is CC.CCCSC1CCN(C(=O)OC(C)(C)C)CC1. The molecular weight excluding hydrogens is 258 g/mol. The third kappa shape index (κ3) is 8.40. The molecule has 0 aromatic heterocycles. The third-order valence-corrected chi connectivity index (χ3v) is 4.24. The number of hydrogen-bond acceptors (Lipinski definition) is 3. The fraction of sp³-hybridized carbons (Fsp3) is 0.933. The van der Waals surface area contributed by atoms with E-state index in [0.717, 1.165) is 31.2 Å². The molecule has 114 valence electrons. The number of hydrogen-bond donors (Lipinski definition) is 0.